The molecule has 0 fully saturated rings. The summed E-state index contributed by atoms with van der Waals surface area (Å²) < 4.78 is 66.5. The Bertz CT molecular complexity index is 758. The fourth-order valence-corrected chi connectivity index (χ4v) is 2.94. The molecule has 1 aliphatic heterocycles. The van der Waals surface area contributed by atoms with Crippen LogP contribution in [0.4, 0.5) is 18.9 Å². The summed E-state index contributed by atoms with van der Waals surface area (Å²) in [6.07, 6.45) is -2.57. The van der Waals surface area contributed by atoms with Gasteiger partial charge in [0, 0.05) is 12.5 Å². The molecule has 0 saturated heterocycles. The summed E-state index contributed by atoms with van der Waals surface area (Å²) in [5.41, 5.74) is -0.490. The lowest BCUT2D eigenvalue weighted by Crippen LogP contribution is -2.33. The van der Waals surface area contributed by atoms with Crippen molar-refractivity contribution in [2.45, 2.75) is 17.5 Å². The molecule has 1 aromatic rings. The molecule has 126 valence electrons. The molecule has 0 amide bonds. The maximum Gasteiger partial charge on any atom is 0.402 e. The van der Waals surface area contributed by atoms with Gasteiger partial charge in [-0.2, -0.15) is 13.2 Å². The molecule has 1 N–H and O–H groups in total. The molecule has 0 unspecified atom stereocenters. The van der Waals surface area contributed by atoms with Gasteiger partial charge in [-0.3, -0.25) is 10.1 Å². The molecule has 1 aliphatic rings. The third kappa shape index (κ3) is 4.20. The molecule has 0 bridgehead atoms. The number of alkyl halides is 3. The van der Waals surface area contributed by atoms with Crippen molar-refractivity contribution in [1.82, 2.24) is 4.72 Å². The zero-order valence-corrected chi connectivity index (χ0v) is 12.3. The number of ether oxygens (including phenoxy) is 1. The number of halogens is 3. The summed E-state index contributed by atoms with van der Waals surface area (Å²) in [5.74, 6) is 0.240. The van der Waals surface area contributed by atoms with Gasteiger partial charge in [-0.15, -0.1) is 0 Å². The number of nitro benzene ring substituents is 1. The normalized spacial score (nSPS) is 15.2. The second kappa shape index (κ2) is 6.16. The van der Waals surface area contributed by atoms with Crippen molar-refractivity contribution in [3.8, 4) is 0 Å². The minimum Gasteiger partial charge on any atom is -0.493 e. The van der Waals surface area contributed by atoms with E-state index in [9.17, 15) is 31.7 Å². The Morgan fingerprint density at radius 2 is 2.04 bits per heavy atom. The molecule has 11 heteroatoms. The number of nitrogens with zero attached hydrogens (tertiary/aromatic N) is 1. The second-order valence-corrected chi connectivity index (χ2v) is 6.35. The maximum absolute atomic E-state index is 12.1. The van der Waals surface area contributed by atoms with Gasteiger partial charge in [-0.25, -0.2) is 13.1 Å². The number of benzene rings is 1. The van der Waals surface area contributed by atoms with Gasteiger partial charge >= 0.3 is 6.18 Å². The number of sulfonamides is 1. The summed E-state index contributed by atoms with van der Waals surface area (Å²) in [5, 5.41) is 11.1. The van der Waals surface area contributed by atoms with Gasteiger partial charge in [0.25, 0.3) is 5.69 Å². The number of hydrogen-bond acceptors (Lipinski definition) is 5. The first-order valence-electron chi connectivity index (χ1n) is 6.28. The highest BCUT2D eigenvalue weighted by atomic mass is 32.2. The Morgan fingerprint density at radius 1 is 1.35 bits per heavy atom. The van der Waals surface area contributed by atoms with Crippen molar-refractivity contribution in [2.24, 2.45) is 0 Å². The predicted molar refractivity (Wildman–Crippen MR) is 72.9 cm³/mol. The van der Waals surface area contributed by atoms with Crippen LogP contribution in [-0.4, -0.2) is 32.7 Å². The Balaban J connectivity index is 2.37. The highest BCUT2D eigenvalue weighted by Crippen LogP contribution is 2.32. The van der Waals surface area contributed by atoms with E-state index in [1.54, 1.807) is 6.08 Å². The smallest absolute Gasteiger partial charge is 0.402 e. The summed E-state index contributed by atoms with van der Waals surface area (Å²) in [4.78, 5) is 9.65. The SMILES string of the molecule is O=[N+]([O-])c1cc(S(=O)(=O)NCC(F)(F)F)ccc1C1=CCCO1. The number of hydrogen-bond donors (Lipinski definition) is 1. The summed E-state index contributed by atoms with van der Waals surface area (Å²) in [7, 11) is -4.52. The maximum atomic E-state index is 12.1. The van der Waals surface area contributed by atoms with Gasteiger partial charge in [0.1, 0.15) is 12.3 Å². The molecule has 23 heavy (non-hydrogen) atoms. The van der Waals surface area contributed by atoms with E-state index in [-0.39, 0.29) is 11.3 Å². The van der Waals surface area contributed by atoms with Crippen LogP contribution in [0.1, 0.15) is 12.0 Å². The number of nitrogens with one attached hydrogen (secondary N) is 1. The fraction of sp³-hybridized carbons (Fsp3) is 0.333. The Kier molecular flexibility index (Phi) is 4.61. The lowest BCUT2D eigenvalue weighted by Gasteiger charge is -2.10. The fourth-order valence-electron chi connectivity index (χ4n) is 1.90. The molecule has 0 atom stereocenters. The first-order valence-corrected chi connectivity index (χ1v) is 7.77. The monoisotopic (exact) mass is 352 g/mol. The highest BCUT2D eigenvalue weighted by molar-refractivity contribution is 7.89. The van der Waals surface area contributed by atoms with Gasteiger partial charge in [0.15, 0.2) is 0 Å². The van der Waals surface area contributed by atoms with Crippen molar-refractivity contribution in [3.63, 3.8) is 0 Å². The van der Waals surface area contributed by atoms with Gasteiger partial charge in [0.2, 0.25) is 10.0 Å². The van der Waals surface area contributed by atoms with E-state index in [4.69, 9.17) is 4.74 Å². The van der Waals surface area contributed by atoms with Crippen LogP contribution < -0.4 is 4.72 Å². The summed E-state index contributed by atoms with van der Waals surface area (Å²) >= 11 is 0. The molecule has 0 saturated carbocycles. The topological polar surface area (TPSA) is 98.5 Å². The Labute approximate surface area is 128 Å². The molecular weight excluding hydrogens is 341 g/mol. The van der Waals surface area contributed by atoms with Gasteiger partial charge in [-0.05, 0) is 18.2 Å². The Morgan fingerprint density at radius 3 is 2.57 bits per heavy atom. The Hall–Kier alpha value is -2.14. The molecule has 7 nitrogen and oxygen atoms in total. The molecule has 0 spiro atoms. The standard InChI is InChI=1S/C12H11F3N2O5S/c13-12(14,15)7-16-23(20,21)8-3-4-9(10(6-8)17(18)19)11-2-1-5-22-11/h2-4,6,16H,1,5,7H2. The zero-order valence-electron chi connectivity index (χ0n) is 11.5. The third-order valence-corrected chi connectivity index (χ3v) is 4.31. The van der Waals surface area contributed by atoms with Crippen LogP contribution in [0, 0.1) is 10.1 Å². The largest absolute Gasteiger partial charge is 0.493 e. The van der Waals surface area contributed by atoms with E-state index in [0.717, 1.165) is 12.1 Å². The van der Waals surface area contributed by atoms with Crippen LogP contribution in [0.5, 0.6) is 0 Å². The van der Waals surface area contributed by atoms with Crippen molar-refractivity contribution < 1.29 is 31.2 Å². The molecule has 1 aromatic carbocycles. The molecule has 0 aliphatic carbocycles. The van der Waals surface area contributed by atoms with E-state index < -0.39 is 38.3 Å². The highest BCUT2D eigenvalue weighted by Gasteiger charge is 2.31. The molecular formula is C12H11F3N2O5S. The lowest BCUT2D eigenvalue weighted by molar-refractivity contribution is -0.385. The summed E-state index contributed by atoms with van der Waals surface area (Å²) in [6.45, 7) is -1.42. The van der Waals surface area contributed by atoms with E-state index in [0.29, 0.717) is 19.1 Å². The van der Waals surface area contributed by atoms with E-state index >= 15 is 0 Å². The van der Waals surface area contributed by atoms with Crippen LogP contribution in [-0.2, 0) is 14.8 Å². The van der Waals surface area contributed by atoms with Crippen LogP contribution in [0.2, 0.25) is 0 Å². The second-order valence-electron chi connectivity index (χ2n) is 4.58. The van der Waals surface area contributed by atoms with E-state index in [2.05, 4.69) is 0 Å². The predicted octanol–water partition coefficient (Wildman–Crippen LogP) is 2.20. The van der Waals surface area contributed by atoms with Crippen LogP contribution in [0.15, 0.2) is 29.2 Å². The third-order valence-electron chi connectivity index (χ3n) is 2.91. The van der Waals surface area contributed by atoms with Gasteiger partial charge in [0.05, 0.1) is 22.0 Å². The van der Waals surface area contributed by atoms with Crippen LogP contribution in [0.25, 0.3) is 5.76 Å². The van der Waals surface area contributed by atoms with Crippen LogP contribution in [0.3, 0.4) is 0 Å². The quantitative estimate of drug-likeness (QED) is 0.647. The average molecular weight is 352 g/mol. The van der Waals surface area contributed by atoms with Crippen molar-refractivity contribution in [1.29, 1.82) is 0 Å². The molecule has 2 rings (SSSR count). The van der Waals surface area contributed by atoms with E-state index in [1.165, 1.54) is 4.72 Å². The van der Waals surface area contributed by atoms with Gasteiger partial charge < -0.3 is 4.74 Å². The number of rotatable bonds is 5. The minimum absolute atomic E-state index is 0.0715. The first kappa shape index (κ1) is 17.2. The number of nitro groups is 1. The molecule has 0 radical (unpaired) electrons. The zero-order chi connectivity index (χ0) is 17.3. The average Bonchev–Trinajstić information content (AvgIpc) is 2.98. The van der Waals surface area contributed by atoms with Crippen molar-refractivity contribution in [3.05, 3.63) is 40.0 Å². The molecule has 0 aromatic heterocycles. The van der Waals surface area contributed by atoms with E-state index in [1.807, 2.05) is 0 Å². The van der Waals surface area contributed by atoms with Crippen molar-refractivity contribution >= 4 is 21.5 Å². The first-order chi connectivity index (χ1) is 10.6. The molecule has 1 heterocycles. The van der Waals surface area contributed by atoms with Crippen LogP contribution >= 0.6 is 0 Å². The minimum atomic E-state index is -4.73. The summed E-state index contributed by atoms with van der Waals surface area (Å²) in [6, 6.07) is 2.83. The lowest BCUT2D eigenvalue weighted by atomic mass is 10.1. The van der Waals surface area contributed by atoms with Crippen molar-refractivity contribution in [2.75, 3.05) is 13.2 Å². The van der Waals surface area contributed by atoms with Gasteiger partial charge in [-0.1, -0.05) is 0 Å².